The van der Waals surface area contributed by atoms with Gasteiger partial charge in [0.2, 0.25) is 0 Å². The summed E-state index contributed by atoms with van der Waals surface area (Å²) in [6, 6.07) is 6.15. The molecule has 0 aliphatic heterocycles. The highest BCUT2D eigenvalue weighted by Gasteiger charge is 1.91. The molecule has 0 fully saturated rings. The zero-order valence-electron chi connectivity index (χ0n) is 11.3. The summed E-state index contributed by atoms with van der Waals surface area (Å²) in [5, 5.41) is 33.1. The Labute approximate surface area is 116 Å². The molecule has 0 amide bonds. The number of carboxylic acid groups (broad SMARTS) is 2. The standard InChI is InChI=1S/C6H6O2.2C4H6O2/c7-5-3-1-2-4-6(5)8;2*1-3(2)4(5)6/h1-4,7-8H;2*1H2,2H3,(H,5,6). The number of rotatable bonds is 2. The highest BCUT2D eigenvalue weighted by atomic mass is 16.4. The zero-order valence-corrected chi connectivity index (χ0v) is 11.3. The predicted molar refractivity (Wildman–Crippen MR) is 74.7 cm³/mol. The fraction of sp³-hybridized carbons (Fsp3) is 0.143. The van der Waals surface area contributed by atoms with Gasteiger partial charge in [0.05, 0.1) is 0 Å². The minimum Gasteiger partial charge on any atom is -0.504 e. The highest BCUT2D eigenvalue weighted by Crippen LogP contribution is 2.21. The van der Waals surface area contributed by atoms with Gasteiger partial charge in [0.15, 0.2) is 11.5 Å². The maximum absolute atomic E-state index is 9.60. The molecule has 110 valence electrons. The molecule has 0 unspecified atom stereocenters. The molecule has 0 aliphatic carbocycles. The molecular formula is C14H18O6. The molecule has 0 aliphatic rings. The Balaban J connectivity index is 0. The Bertz CT molecular complexity index is 421. The number of phenols is 2. The number of carbonyl (C=O) groups is 2. The summed E-state index contributed by atoms with van der Waals surface area (Å²) < 4.78 is 0. The fourth-order valence-corrected chi connectivity index (χ4v) is 0.464. The minimum atomic E-state index is -0.935. The molecule has 0 bridgehead atoms. The molecule has 0 atom stereocenters. The van der Waals surface area contributed by atoms with Gasteiger partial charge < -0.3 is 20.4 Å². The van der Waals surface area contributed by atoms with Gasteiger partial charge in [-0.15, -0.1) is 0 Å². The van der Waals surface area contributed by atoms with E-state index < -0.39 is 11.9 Å². The second-order valence-electron chi connectivity index (χ2n) is 3.66. The number of aromatic hydroxyl groups is 2. The average molecular weight is 282 g/mol. The van der Waals surface area contributed by atoms with E-state index in [1.165, 1.54) is 26.0 Å². The van der Waals surface area contributed by atoms with Gasteiger partial charge in [-0.3, -0.25) is 0 Å². The molecular weight excluding hydrogens is 264 g/mol. The van der Waals surface area contributed by atoms with E-state index in [-0.39, 0.29) is 22.6 Å². The van der Waals surface area contributed by atoms with Crippen molar-refractivity contribution in [2.45, 2.75) is 13.8 Å². The number of hydrogen-bond acceptors (Lipinski definition) is 4. The Morgan fingerprint density at radius 3 is 1.15 bits per heavy atom. The third-order valence-electron chi connectivity index (χ3n) is 1.61. The van der Waals surface area contributed by atoms with Crippen LogP contribution in [-0.4, -0.2) is 32.4 Å². The molecule has 6 nitrogen and oxygen atoms in total. The number of hydrogen-bond donors (Lipinski definition) is 4. The van der Waals surface area contributed by atoms with E-state index in [2.05, 4.69) is 13.2 Å². The lowest BCUT2D eigenvalue weighted by atomic mass is 10.3. The molecule has 1 aromatic carbocycles. The van der Waals surface area contributed by atoms with Crippen LogP contribution in [0.25, 0.3) is 0 Å². The summed E-state index contributed by atoms with van der Waals surface area (Å²) in [4.78, 5) is 19.2. The third kappa shape index (κ3) is 11.7. The molecule has 0 saturated carbocycles. The van der Waals surface area contributed by atoms with Gasteiger partial charge >= 0.3 is 11.9 Å². The molecule has 0 heterocycles. The SMILES string of the molecule is C=C(C)C(=O)O.C=C(C)C(=O)O.Oc1ccccc1O. The summed E-state index contributed by atoms with van der Waals surface area (Å²) in [7, 11) is 0. The normalized spacial score (nSPS) is 8.10. The largest absolute Gasteiger partial charge is 0.504 e. The highest BCUT2D eigenvalue weighted by molar-refractivity contribution is 5.85. The Kier molecular flexibility index (Phi) is 9.97. The first-order valence-corrected chi connectivity index (χ1v) is 5.34. The van der Waals surface area contributed by atoms with E-state index in [4.69, 9.17) is 20.4 Å². The maximum atomic E-state index is 9.60. The van der Waals surface area contributed by atoms with Crippen LogP contribution < -0.4 is 0 Å². The second-order valence-corrected chi connectivity index (χ2v) is 3.66. The summed E-state index contributed by atoms with van der Waals surface area (Å²) in [6.07, 6.45) is 0. The van der Waals surface area contributed by atoms with Crippen LogP contribution in [0.3, 0.4) is 0 Å². The van der Waals surface area contributed by atoms with Crippen molar-refractivity contribution in [1.29, 1.82) is 0 Å². The van der Waals surface area contributed by atoms with Crippen LogP contribution in [0, 0.1) is 0 Å². The van der Waals surface area contributed by atoms with Crippen molar-refractivity contribution in [2.24, 2.45) is 0 Å². The lowest BCUT2D eigenvalue weighted by molar-refractivity contribution is -0.133. The molecule has 0 spiro atoms. The number of benzene rings is 1. The van der Waals surface area contributed by atoms with Gasteiger partial charge in [-0.2, -0.15) is 0 Å². The van der Waals surface area contributed by atoms with Gasteiger partial charge in [0.25, 0.3) is 0 Å². The van der Waals surface area contributed by atoms with E-state index in [0.717, 1.165) is 0 Å². The molecule has 1 aromatic rings. The van der Waals surface area contributed by atoms with Crippen molar-refractivity contribution < 1.29 is 30.0 Å². The number of aliphatic carboxylic acids is 2. The van der Waals surface area contributed by atoms with Crippen LogP contribution in [0.15, 0.2) is 48.6 Å². The summed E-state index contributed by atoms with van der Waals surface area (Å²) >= 11 is 0. The first-order chi connectivity index (χ1) is 9.09. The molecule has 0 saturated heterocycles. The minimum absolute atomic E-state index is 0.0764. The van der Waals surface area contributed by atoms with Gasteiger partial charge in [-0.05, 0) is 26.0 Å². The molecule has 20 heavy (non-hydrogen) atoms. The van der Waals surface area contributed by atoms with Crippen LogP contribution >= 0.6 is 0 Å². The Morgan fingerprint density at radius 2 is 1.05 bits per heavy atom. The van der Waals surface area contributed by atoms with Gasteiger partial charge in [0.1, 0.15) is 0 Å². The van der Waals surface area contributed by atoms with Crippen LogP contribution in [0.5, 0.6) is 11.5 Å². The van der Waals surface area contributed by atoms with Crippen molar-refractivity contribution in [3.63, 3.8) is 0 Å². The predicted octanol–water partition coefficient (Wildman–Crippen LogP) is 2.39. The van der Waals surface area contributed by atoms with Crippen LogP contribution in [0.2, 0.25) is 0 Å². The second kappa shape index (κ2) is 10.2. The van der Waals surface area contributed by atoms with E-state index in [1.54, 1.807) is 12.1 Å². The van der Waals surface area contributed by atoms with E-state index in [1.807, 2.05) is 0 Å². The number of phenolic OH excluding ortho intramolecular Hbond substituents is 2. The van der Waals surface area contributed by atoms with Crippen molar-refractivity contribution >= 4 is 11.9 Å². The fourth-order valence-electron chi connectivity index (χ4n) is 0.464. The monoisotopic (exact) mass is 282 g/mol. The molecule has 0 radical (unpaired) electrons. The average Bonchev–Trinajstić information content (AvgIpc) is 2.34. The van der Waals surface area contributed by atoms with Crippen LogP contribution in [0.1, 0.15) is 13.8 Å². The lowest BCUT2D eigenvalue weighted by Crippen LogP contribution is -1.92. The van der Waals surface area contributed by atoms with E-state index in [9.17, 15) is 9.59 Å². The summed E-state index contributed by atoms with van der Waals surface area (Å²) in [5.41, 5.74) is 0.352. The van der Waals surface area contributed by atoms with Gasteiger partial charge in [0, 0.05) is 11.1 Å². The summed E-state index contributed by atoms with van der Waals surface area (Å²) in [5.74, 6) is -2.02. The Hall–Kier alpha value is -2.76. The molecule has 0 aromatic heterocycles. The topological polar surface area (TPSA) is 115 Å². The van der Waals surface area contributed by atoms with Crippen molar-refractivity contribution in [3.05, 3.63) is 48.6 Å². The number of para-hydroxylation sites is 2. The maximum Gasteiger partial charge on any atom is 0.330 e. The van der Waals surface area contributed by atoms with Crippen molar-refractivity contribution in [2.75, 3.05) is 0 Å². The van der Waals surface area contributed by atoms with E-state index in [0.29, 0.717) is 0 Å². The van der Waals surface area contributed by atoms with Gasteiger partial charge in [-0.25, -0.2) is 9.59 Å². The Morgan fingerprint density at radius 1 is 0.850 bits per heavy atom. The third-order valence-corrected chi connectivity index (χ3v) is 1.61. The summed E-state index contributed by atoms with van der Waals surface area (Å²) in [6.45, 7) is 9.20. The van der Waals surface area contributed by atoms with Crippen LogP contribution in [0.4, 0.5) is 0 Å². The quantitative estimate of drug-likeness (QED) is 0.489. The van der Waals surface area contributed by atoms with Crippen molar-refractivity contribution in [1.82, 2.24) is 0 Å². The smallest absolute Gasteiger partial charge is 0.330 e. The molecule has 6 heteroatoms. The molecule has 1 rings (SSSR count). The first-order valence-electron chi connectivity index (χ1n) is 5.34. The first kappa shape index (κ1) is 19.6. The zero-order chi connectivity index (χ0) is 16.3. The molecule has 4 N–H and O–H groups in total. The lowest BCUT2D eigenvalue weighted by Gasteiger charge is -1.91. The van der Waals surface area contributed by atoms with Crippen molar-refractivity contribution in [3.8, 4) is 11.5 Å². The van der Waals surface area contributed by atoms with E-state index >= 15 is 0 Å². The van der Waals surface area contributed by atoms with Gasteiger partial charge in [-0.1, -0.05) is 25.3 Å². The number of carboxylic acids is 2. The van der Waals surface area contributed by atoms with Crippen LogP contribution in [-0.2, 0) is 9.59 Å².